The van der Waals surface area contributed by atoms with E-state index in [0.717, 1.165) is 31.7 Å². The predicted octanol–water partition coefficient (Wildman–Crippen LogP) is 2.61. The Hall–Kier alpha value is -1.76. The second-order valence-corrected chi connectivity index (χ2v) is 8.18. The molecule has 1 aromatic rings. The lowest BCUT2D eigenvalue weighted by molar-refractivity contribution is 0.171. The molecule has 1 atom stereocenters. The number of fused-ring (bicyclic) bond motifs is 1. The molecular formula is C18H19FN2O2S. The first-order valence-electron chi connectivity index (χ1n) is 8.16. The Kier molecular flexibility index (Phi) is 3.71. The molecule has 3 aliphatic rings. The zero-order valence-corrected chi connectivity index (χ0v) is 14.2. The average Bonchev–Trinajstić information content (AvgIpc) is 3.31. The predicted molar refractivity (Wildman–Crippen MR) is 90.1 cm³/mol. The Balaban J connectivity index is 1.64. The summed E-state index contributed by atoms with van der Waals surface area (Å²) in [7, 11) is -3.80. The molecule has 0 saturated carbocycles. The van der Waals surface area contributed by atoms with Crippen LogP contribution in [0.3, 0.4) is 0 Å². The van der Waals surface area contributed by atoms with Gasteiger partial charge in [-0.05, 0) is 41.9 Å². The van der Waals surface area contributed by atoms with E-state index < -0.39 is 15.7 Å². The van der Waals surface area contributed by atoms with Crippen molar-refractivity contribution in [2.24, 2.45) is 0 Å². The summed E-state index contributed by atoms with van der Waals surface area (Å²) in [5.74, 6) is -0.622. The highest BCUT2D eigenvalue weighted by Crippen LogP contribution is 2.43. The third-order valence-corrected chi connectivity index (χ3v) is 6.66. The standard InChI is InChI=1S/C18H19FN2O2S/c1-2-21-8-7-20-11-16(21)12-3-5-14(6-4-12)24(22,23)17-10-13-9-15(13)18(17)19/h3-6,9-10,16,20H,2,7-8,11H2,1H3. The molecule has 1 aromatic carbocycles. The highest BCUT2D eigenvalue weighted by atomic mass is 32.2. The first kappa shape index (κ1) is 15.7. The van der Waals surface area contributed by atoms with Crippen molar-refractivity contribution in [2.45, 2.75) is 22.8 Å². The fraction of sp³-hybridized carbons (Fsp3) is 0.333. The van der Waals surface area contributed by atoms with Gasteiger partial charge in [-0.15, -0.1) is 0 Å². The second kappa shape index (κ2) is 5.65. The van der Waals surface area contributed by atoms with Crippen LogP contribution in [0.5, 0.6) is 0 Å². The van der Waals surface area contributed by atoms with E-state index in [1.807, 2.05) is 12.1 Å². The van der Waals surface area contributed by atoms with Gasteiger partial charge in [-0.1, -0.05) is 19.1 Å². The summed E-state index contributed by atoms with van der Waals surface area (Å²) in [6, 6.07) is 10.2. The van der Waals surface area contributed by atoms with Crippen LogP contribution in [0.1, 0.15) is 18.5 Å². The van der Waals surface area contributed by atoms with Gasteiger partial charge in [0.2, 0.25) is 9.84 Å². The summed E-state index contributed by atoms with van der Waals surface area (Å²) in [6.45, 7) is 5.86. The van der Waals surface area contributed by atoms with Crippen LogP contribution in [0.15, 0.2) is 46.2 Å². The maximum absolute atomic E-state index is 14.0. The minimum atomic E-state index is -3.80. The fourth-order valence-corrected chi connectivity index (χ4v) is 4.79. The van der Waals surface area contributed by atoms with Gasteiger partial charge in [0.25, 0.3) is 0 Å². The highest BCUT2D eigenvalue weighted by Gasteiger charge is 2.32. The number of rotatable bonds is 4. The largest absolute Gasteiger partial charge is 0.314 e. The molecule has 0 spiro atoms. The average molecular weight is 346 g/mol. The molecule has 0 radical (unpaired) electrons. The van der Waals surface area contributed by atoms with Gasteiger partial charge >= 0.3 is 0 Å². The summed E-state index contributed by atoms with van der Waals surface area (Å²) in [5.41, 5.74) is 2.19. The summed E-state index contributed by atoms with van der Waals surface area (Å²) in [5, 5.41) is 3.37. The highest BCUT2D eigenvalue weighted by molar-refractivity contribution is 7.91. The van der Waals surface area contributed by atoms with E-state index in [2.05, 4.69) is 17.1 Å². The molecule has 1 N–H and O–H groups in total. The van der Waals surface area contributed by atoms with Gasteiger partial charge in [0.15, 0.2) is 0 Å². The van der Waals surface area contributed by atoms with E-state index >= 15 is 0 Å². The molecule has 24 heavy (non-hydrogen) atoms. The van der Waals surface area contributed by atoms with Gasteiger partial charge in [0, 0.05) is 31.2 Å². The molecule has 1 unspecified atom stereocenters. The van der Waals surface area contributed by atoms with Crippen molar-refractivity contribution < 1.29 is 12.8 Å². The van der Waals surface area contributed by atoms with Crippen LogP contribution in [0.2, 0.25) is 0 Å². The zero-order valence-electron chi connectivity index (χ0n) is 13.4. The van der Waals surface area contributed by atoms with Crippen molar-refractivity contribution in [3.05, 3.63) is 47.8 Å². The van der Waals surface area contributed by atoms with Crippen molar-refractivity contribution in [1.82, 2.24) is 10.2 Å². The molecule has 126 valence electrons. The van der Waals surface area contributed by atoms with E-state index in [4.69, 9.17) is 0 Å². The molecule has 2 aliphatic carbocycles. The number of sulfone groups is 1. The SMILES string of the molecule is CCN1CCNCC1c1ccc(S(=O)(=O)c2cc3cc-3c2F)cc1. The monoisotopic (exact) mass is 346 g/mol. The van der Waals surface area contributed by atoms with Crippen LogP contribution in [-0.2, 0) is 9.84 Å². The zero-order chi connectivity index (χ0) is 16.9. The molecule has 6 heteroatoms. The number of nitrogens with zero attached hydrogens (tertiary/aromatic N) is 1. The fourth-order valence-electron chi connectivity index (χ4n) is 3.41. The molecule has 1 heterocycles. The summed E-state index contributed by atoms with van der Waals surface area (Å²) >= 11 is 0. The van der Waals surface area contributed by atoms with Gasteiger partial charge < -0.3 is 5.32 Å². The number of halogens is 1. The molecule has 4 rings (SSSR count). The van der Waals surface area contributed by atoms with Gasteiger partial charge in [-0.3, -0.25) is 4.90 Å². The Morgan fingerprint density at radius 2 is 2.00 bits per heavy atom. The molecule has 0 aromatic heterocycles. The van der Waals surface area contributed by atoms with E-state index in [1.165, 1.54) is 6.07 Å². The lowest BCUT2D eigenvalue weighted by Gasteiger charge is -2.35. The summed E-state index contributed by atoms with van der Waals surface area (Å²) < 4.78 is 39.3. The van der Waals surface area contributed by atoms with Crippen LogP contribution in [-0.4, -0.2) is 39.5 Å². The second-order valence-electron chi connectivity index (χ2n) is 6.26. The molecular weight excluding hydrogens is 327 g/mol. The molecule has 0 bridgehead atoms. The minimum absolute atomic E-state index is 0.141. The first-order valence-corrected chi connectivity index (χ1v) is 9.64. The quantitative estimate of drug-likeness (QED) is 0.789. The minimum Gasteiger partial charge on any atom is -0.314 e. The lowest BCUT2D eigenvalue weighted by Crippen LogP contribution is -2.45. The van der Waals surface area contributed by atoms with Crippen LogP contribution < -0.4 is 5.32 Å². The summed E-state index contributed by atoms with van der Waals surface area (Å²) in [6.07, 6.45) is 0. The van der Waals surface area contributed by atoms with Crippen LogP contribution in [0.25, 0.3) is 11.1 Å². The van der Waals surface area contributed by atoms with E-state index in [9.17, 15) is 12.8 Å². The van der Waals surface area contributed by atoms with E-state index in [-0.39, 0.29) is 15.8 Å². The van der Waals surface area contributed by atoms with Gasteiger partial charge in [0.1, 0.15) is 10.7 Å². The van der Waals surface area contributed by atoms with Crippen LogP contribution in [0.4, 0.5) is 4.39 Å². The number of nitrogens with one attached hydrogen (secondary N) is 1. The van der Waals surface area contributed by atoms with Gasteiger partial charge in [0.05, 0.1) is 4.90 Å². The smallest absolute Gasteiger partial charge is 0.209 e. The van der Waals surface area contributed by atoms with Crippen molar-refractivity contribution in [1.29, 1.82) is 0 Å². The van der Waals surface area contributed by atoms with Crippen LogP contribution >= 0.6 is 0 Å². The maximum Gasteiger partial charge on any atom is 0.209 e. The number of piperazine rings is 1. The molecule has 0 amide bonds. The van der Waals surface area contributed by atoms with Crippen molar-refractivity contribution >= 4 is 9.84 Å². The van der Waals surface area contributed by atoms with Crippen molar-refractivity contribution in [3.8, 4) is 11.1 Å². The third-order valence-electron chi connectivity index (χ3n) is 4.89. The maximum atomic E-state index is 14.0. The van der Waals surface area contributed by atoms with Crippen LogP contribution in [0, 0.1) is 5.82 Å². The summed E-state index contributed by atoms with van der Waals surface area (Å²) in [4.78, 5) is 2.29. The number of hydrogen-bond donors (Lipinski definition) is 1. The molecule has 1 saturated heterocycles. The van der Waals surface area contributed by atoms with E-state index in [0.29, 0.717) is 11.1 Å². The number of hydrogen-bond acceptors (Lipinski definition) is 4. The van der Waals surface area contributed by atoms with Gasteiger partial charge in [-0.2, -0.15) is 0 Å². The third kappa shape index (κ3) is 2.46. The number of likely N-dealkylation sites (N-methyl/N-ethyl adjacent to an activating group) is 1. The molecule has 4 nitrogen and oxygen atoms in total. The Labute approximate surface area is 141 Å². The Morgan fingerprint density at radius 1 is 1.25 bits per heavy atom. The van der Waals surface area contributed by atoms with Gasteiger partial charge in [-0.25, -0.2) is 12.8 Å². The molecule has 1 fully saturated rings. The Bertz CT molecular complexity index is 894. The normalized spacial score (nSPS) is 20.2. The van der Waals surface area contributed by atoms with E-state index in [1.54, 1.807) is 18.2 Å². The molecule has 1 aliphatic heterocycles. The topological polar surface area (TPSA) is 49.4 Å². The van der Waals surface area contributed by atoms with Crippen molar-refractivity contribution in [2.75, 3.05) is 26.2 Å². The number of benzene rings is 2. The Morgan fingerprint density at radius 3 is 2.62 bits per heavy atom. The first-order chi connectivity index (χ1) is 11.5. The van der Waals surface area contributed by atoms with Crippen molar-refractivity contribution in [3.63, 3.8) is 0 Å². The lowest BCUT2D eigenvalue weighted by atomic mass is 10.0.